The molecule has 5 heteroatoms. The molecule has 1 saturated heterocycles. The van der Waals surface area contributed by atoms with E-state index >= 15 is 0 Å². The van der Waals surface area contributed by atoms with E-state index in [-0.39, 0.29) is 11.8 Å². The summed E-state index contributed by atoms with van der Waals surface area (Å²) in [5.74, 6) is -0.118. The van der Waals surface area contributed by atoms with Crippen molar-refractivity contribution in [3.05, 3.63) is 59.7 Å². The van der Waals surface area contributed by atoms with Gasteiger partial charge in [-0.2, -0.15) is 0 Å². The summed E-state index contributed by atoms with van der Waals surface area (Å²) in [6.07, 6.45) is 5.86. The number of nitrogens with one attached hydrogen (secondary N) is 2. The third-order valence-electron chi connectivity index (χ3n) is 5.27. The maximum absolute atomic E-state index is 13.0. The van der Waals surface area contributed by atoms with Crippen LogP contribution in [0, 0.1) is 0 Å². The number of hydrogen-bond acceptors (Lipinski definition) is 3. The highest BCUT2D eigenvalue weighted by Gasteiger charge is 2.19. The van der Waals surface area contributed by atoms with Gasteiger partial charge in [0.05, 0.1) is 5.56 Å². The largest absolute Gasteiger partial charge is 0.371 e. The molecule has 0 aliphatic carbocycles. The number of unbranched alkanes of at least 4 members (excludes halogenated alkanes) is 1. The molecule has 0 aromatic heterocycles. The van der Waals surface area contributed by atoms with Gasteiger partial charge < -0.3 is 15.5 Å². The second-order valence-electron chi connectivity index (χ2n) is 7.60. The molecule has 0 atom stereocenters. The lowest BCUT2D eigenvalue weighted by molar-refractivity contribution is -0.116. The van der Waals surface area contributed by atoms with Crippen LogP contribution in [0.5, 0.6) is 0 Å². The van der Waals surface area contributed by atoms with Crippen LogP contribution in [0.15, 0.2) is 48.5 Å². The maximum Gasteiger partial charge on any atom is 0.253 e. The lowest BCUT2D eigenvalue weighted by atomic mass is 10.1. The Morgan fingerprint density at radius 3 is 2.48 bits per heavy atom. The fourth-order valence-electron chi connectivity index (χ4n) is 3.64. The van der Waals surface area contributed by atoms with Crippen molar-refractivity contribution in [1.29, 1.82) is 0 Å². The molecule has 0 bridgehead atoms. The molecule has 5 nitrogen and oxygen atoms in total. The molecule has 2 aromatic carbocycles. The van der Waals surface area contributed by atoms with Crippen molar-refractivity contribution in [2.24, 2.45) is 0 Å². The van der Waals surface area contributed by atoms with E-state index in [2.05, 4.69) is 22.5 Å². The van der Waals surface area contributed by atoms with Gasteiger partial charge in [0.15, 0.2) is 0 Å². The van der Waals surface area contributed by atoms with Crippen molar-refractivity contribution < 1.29 is 9.59 Å². The van der Waals surface area contributed by atoms with Crippen LogP contribution in [0.1, 0.15) is 61.4 Å². The van der Waals surface area contributed by atoms with Crippen LogP contribution < -0.4 is 15.5 Å². The average molecular weight is 394 g/mol. The van der Waals surface area contributed by atoms with Crippen molar-refractivity contribution >= 4 is 23.2 Å². The maximum atomic E-state index is 13.0. The Kier molecular flexibility index (Phi) is 7.68. The Morgan fingerprint density at radius 2 is 1.76 bits per heavy atom. The Bertz CT molecular complexity index is 814. The number of anilines is 2. The average Bonchev–Trinajstić information content (AvgIpc) is 2.77. The molecule has 0 radical (unpaired) electrons. The molecule has 154 valence electrons. The van der Waals surface area contributed by atoms with Crippen LogP contribution in [0.4, 0.5) is 11.4 Å². The Hall–Kier alpha value is -2.82. The topological polar surface area (TPSA) is 61.4 Å². The number of carbonyl (C=O) groups is 2. The molecule has 2 N–H and O–H groups in total. The summed E-state index contributed by atoms with van der Waals surface area (Å²) in [6, 6.07) is 15.6. The van der Waals surface area contributed by atoms with Gasteiger partial charge in [-0.15, -0.1) is 0 Å². The highest BCUT2D eigenvalue weighted by molar-refractivity contribution is 6.02. The van der Waals surface area contributed by atoms with Crippen LogP contribution in [-0.2, 0) is 11.3 Å². The fraction of sp³-hybridized carbons (Fsp3) is 0.417. The smallest absolute Gasteiger partial charge is 0.253 e. The van der Waals surface area contributed by atoms with Crippen LogP contribution in [0.25, 0.3) is 0 Å². The van der Waals surface area contributed by atoms with Gasteiger partial charge in [0.1, 0.15) is 0 Å². The number of rotatable bonds is 8. The molecule has 0 saturated carbocycles. The number of carbonyl (C=O) groups excluding carboxylic acids is 2. The minimum absolute atomic E-state index is 0.00628. The van der Waals surface area contributed by atoms with E-state index in [4.69, 9.17) is 0 Å². The standard InChI is InChI=1S/C24H31N3O2/c1-2-3-12-23(28)26-20-13-14-22(27-15-8-5-9-16-27)21(17-20)24(29)25-18-19-10-6-4-7-11-19/h4,6-7,10-11,13-14,17H,2-3,5,8-9,12,15-16,18H2,1H3,(H,25,29)(H,26,28). The van der Waals surface area contributed by atoms with Crippen LogP contribution in [0.3, 0.4) is 0 Å². The summed E-state index contributed by atoms with van der Waals surface area (Å²) >= 11 is 0. The molecule has 0 spiro atoms. The predicted molar refractivity (Wildman–Crippen MR) is 118 cm³/mol. The Morgan fingerprint density at radius 1 is 1.00 bits per heavy atom. The van der Waals surface area contributed by atoms with Crippen molar-refractivity contribution in [2.45, 2.75) is 52.0 Å². The Labute approximate surface area is 173 Å². The van der Waals surface area contributed by atoms with E-state index in [9.17, 15) is 9.59 Å². The highest BCUT2D eigenvalue weighted by atomic mass is 16.2. The summed E-state index contributed by atoms with van der Waals surface area (Å²) in [4.78, 5) is 27.5. The first-order valence-corrected chi connectivity index (χ1v) is 10.7. The van der Waals surface area contributed by atoms with Crippen molar-refractivity contribution in [3.8, 4) is 0 Å². The molecule has 1 aliphatic rings. The number of hydrogen-bond donors (Lipinski definition) is 2. The second-order valence-corrected chi connectivity index (χ2v) is 7.60. The van der Waals surface area contributed by atoms with Crippen LogP contribution in [0.2, 0.25) is 0 Å². The number of piperidine rings is 1. The van der Waals surface area contributed by atoms with Crippen LogP contribution in [-0.4, -0.2) is 24.9 Å². The van der Waals surface area contributed by atoms with Gasteiger partial charge in [0, 0.05) is 37.4 Å². The second kappa shape index (κ2) is 10.6. The lowest BCUT2D eigenvalue weighted by Gasteiger charge is -2.30. The van der Waals surface area contributed by atoms with E-state index in [1.165, 1.54) is 6.42 Å². The molecule has 1 heterocycles. The molecule has 1 fully saturated rings. The molecular weight excluding hydrogens is 362 g/mol. The minimum atomic E-state index is -0.112. The van der Waals surface area contributed by atoms with Crippen LogP contribution >= 0.6 is 0 Å². The van der Waals surface area contributed by atoms with Crippen molar-refractivity contribution in [1.82, 2.24) is 5.32 Å². The van der Waals surface area contributed by atoms with Crippen molar-refractivity contribution in [2.75, 3.05) is 23.3 Å². The van der Waals surface area contributed by atoms with Crippen molar-refractivity contribution in [3.63, 3.8) is 0 Å². The van der Waals surface area contributed by atoms with E-state index in [0.717, 1.165) is 50.0 Å². The number of amides is 2. The van der Waals surface area contributed by atoms with Gasteiger partial charge in [-0.1, -0.05) is 43.7 Å². The van der Waals surface area contributed by atoms with E-state index in [0.29, 0.717) is 24.2 Å². The van der Waals surface area contributed by atoms with Gasteiger partial charge in [0.2, 0.25) is 5.91 Å². The first-order chi connectivity index (χ1) is 14.2. The monoisotopic (exact) mass is 393 g/mol. The first-order valence-electron chi connectivity index (χ1n) is 10.7. The fourth-order valence-corrected chi connectivity index (χ4v) is 3.64. The normalized spacial score (nSPS) is 13.8. The zero-order valence-electron chi connectivity index (χ0n) is 17.2. The lowest BCUT2D eigenvalue weighted by Crippen LogP contribution is -2.32. The third-order valence-corrected chi connectivity index (χ3v) is 5.27. The van der Waals surface area contributed by atoms with E-state index < -0.39 is 0 Å². The summed E-state index contributed by atoms with van der Waals surface area (Å²) in [7, 11) is 0. The number of nitrogens with zero attached hydrogens (tertiary/aromatic N) is 1. The zero-order valence-corrected chi connectivity index (χ0v) is 17.2. The minimum Gasteiger partial charge on any atom is -0.371 e. The third kappa shape index (κ3) is 6.08. The van der Waals surface area contributed by atoms with Gasteiger partial charge in [-0.05, 0) is 49.4 Å². The molecule has 1 aliphatic heterocycles. The number of benzene rings is 2. The summed E-state index contributed by atoms with van der Waals surface area (Å²) in [6.45, 7) is 4.46. The summed E-state index contributed by atoms with van der Waals surface area (Å²) < 4.78 is 0. The first kappa shape index (κ1) is 20.9. The molecule has 2 amide bonds. The van der Waals surface area contributed by atoms with Gasteiger partial charge >= 0.3 is 0 Å². The summed E-state index contributed by atoms with van der Waals surface area (Å²) in [5, 5.41) is 5.97. The zero-order chi connectivity index (χ0) is 20.5. The predicted octanol–water partition coefficient (Wildman–Crippen LogP) is 4.74. The quantitative estimate of drug-likeness (QED) is 0.681. The van der Waals surface area contributed by atoms with Gasteiger partial charge in [-0.3, -0.25) is 9.59 Å². The summed E-state index contributed by atoms with van der Waals surface area (Å²) in [5.41, 5.74) is 3.30. The van der Waals surface area contributed by atoms with Gasteiger partial charge in [-0.25, -0.2) is 0 Å². The molecule has 3 rings (SSSR count). The molecular formula is C24H31N3O2. The van der Waals surface area contributed by atoms with E-state index in [1.54, 1.807) is 0 Å². The molecule has 29 heavy (non-hydrogen) atoms. The molecule has 0 unspecified atom stereocenters. The molecule has 2 aromatic rings. The Balaban J connectivity index is 1.78. The van der Waals surface area contributed by atoms with Gasteiger partial charge in [0.25, 0.3) is 5.91 Å². The highest BCUT2D eigenvalue weighted by Crippen LogP contribution is 2.27. The van der Waals surface area contributed by atoms with E-state index in [1.807, 2.05) is 48.5 Å². The SMILES string of the molecule is CCCCC(=O)Nc1ccc(N2CCCCC2)c(C(=O)NCc2ccccc2)c1.